The minimum Gasteiger partial charge on any atom is -0.481 e. The van der Waals surface area contributed by atoms with Crippen LogP contribution in [0.2, 0.25) is 5.02 Å². The van der Waals surface area contributed by atoms with Gasteiger partial charge in [0.25, 0.3) is 0 Å². The van der Waals surface area contributed by atoms with Crippen molar-refractivity contribution in [1.82, 2.24) is 4.98 Å². The molecule has 3 rings (SSSR count). The molecule has 2 aromatic rings. The van der Waals surface area contributed by atoms with Gasteiger partial charge < -0.3 is 5.11 Å². The van der Waals surface area contributed by atoms with E-state index in [9.17, 15) is 9.90 Å². The Kier molecular flexibility index (Phi) is 3.29. The Labute approximate surface area is 119 Å². The Hall–Kier alpha value is -1.39. The van der Waals surface area contributed by atoms with Gasteiger partial charge in [-0.2, -0.15) is 0 Å². The number of fused-ring (bicyclic) bond motifs is 1. The second-order valence-electron chi connectivity index (χ2n) is 4.66. The van der Waals surface area contributed by atoms with Crippen LogP contribution in [-0.4, -0.2) is 16.1 Å². The molecule has 0 spiro atoms. The summed E-state index contributed by atoms with van der Waals surface area (Å²) in [5.74, 6) is -1.15. The van der Waals surface area contributed by atoms with E-state index in [2.05, 4.69) is 4.98 Å². The van der Waals surface area contributed by atoms with E-state index in [0.717, 1.165) is 21.6 Å². The van der Waals surface area contributed by atoms with Crippen molar-refractivity contribution >= 4 is 39.1 Å². The smallest absolute Gasteiger partial charge is 0.307 e. The SMILES string of the molecule is O=C(O)C1CC=CCC1c1nc2cc(Cl)ccc2s1. The Bertz CT molecular complexity index is 665. The molecular formula is C14H12ClNO2S. The second-order valence-corrected chi connectivity index (χ2v) is 6.16. The van der Waals surface area contributed by atoms with Crippen LogP contribution in [0.3, 0.4) is 0 Å². The van der Waals surface area contributed by atoms with Crippen molar-refractivity contribution in [3.8, 4) is 0 Å². The van der Waals surface area contributed by atoms with Gasteiger partial charge in [0.1, 0.15) is 0 Å². The number of nitrogens with zero attached hydrogens (tertiary/aromatic N) is 1. The fourth-order valence-corrected chi connectivity index (χ4v) is 3.73. The number of carboxylic acid groups (broad SMARTS) is 1. The third kappa shape index (κ3) is 2.38. The number of halogens is 1. The third-order valence-electron chi connectivity index (χ3n) is 3.43. The van der Waals surface area contributed by atoms with Gasteiger partial charge in [-0.3, -0.25) is 4.79 Å². The van der Waals surface area contributed by atoms with Gasteiger partial charge >= 0.3 is 5.97 Å². The van der Waals surface area contributed by atoms with E-state index in [4.69, 9.17) is 11.6 Å². The molecule has 1 heterocycles. The largest absolute Gasteiger partial charge is 0.481 e. The molecule has 2 atom stereocenters. The van der Waals surface area contributed by atoms with Crippen LogP contribution in [0.1, 0.15) is 23.8 Å². The highest BCUT2D eigenvalue weighted by atomic mass is 35.5. The van der Waals surface area contributed by atoms with Crippen molar-refractivity contribution in [1.29, 1.82) is 0 Å². The lowest BCUT2D eigenvalue weighted by molar-refractivity contribution is -0.142. The number of benzene rings is 1. The maximum absolute atomic E-state index is 11.3. The highest BCUT2D eigenvalue weighted by molar-refractivity contribution is 7.18. The van der Waals surface area contributed by atoms with Crippen molar-refractivity contribution in [3.05, 3.63) is 40.4 Å². The summed E-state index contributed by atoms with van der Waals surface area (Å²) in [5, 5.41) is 10.9. The predicted octanol–water partition coefficient (Wildman–Crippen LogP) is 4.08. The van der Waals surface area contributed by atoms with Gasteiger partial charge in [0.05, 0.1) is 21.1 Å². The molecule has 2 unspecified atom stereocenters. The molecule has 1 aliphatic rings. The zero-order chi connectivity index (χ0) is 13.4. The number of hydrogen-bond donors (Lipinski definition) is 1. The quantitative estimate of drug-likeness (QED) is 0.849. The molecule has 0 aliphatic heterocycles. The molecular weight excluding hydrogens is 282 g/mol. The van der Waals surface area contributed by atoms with E-state index in [1.165, 1.54) is 0 Å². The molecule has 0 saturated carbocycles. The minimum atomic E-state index is -0.744. The standard InChI is InChI=1S/C14H12ClNO2S/c15-8-5-6-12-11(7-8)16-13(19-12)9-3-1-2-4-10(9)14(17)18/h1-2,5-7,9-10H,3-4H2,(H,17,18). The topological polar surface area (TPSA) is 50.2 Å². The number of carbonyl (C=O) groups is 1. The molecule has 1 aliphatic carbocycles. The predicted molar refractivity (Wildman–Crippen MR) is 76.9 cm³/mol. The molecule has 0 amide bonds. The Morgan fingerprint density at radius 2 is 2.16 bits per heavy atom. The van der Waals surface area contributed by atoms with E-state index in [1.54, 1.807) is 11.3 Å². The monoisotopic (exact) mass is 293 g/mol. The molecule has 0 bridgehead atoms. The molecule has 1 aromatic carbocycles. The number of thiazole rings is 1. The molecule has 0 radical (unpaired) electrons. The molecule has 0 saturated heterocycles. The van der Waals surface area contributed by atoms with Crippen molar-refractivity contribution in [2.45, 2.75) is 18.8 Å². The number of carboxylic acids is 1. The van der Waals surface area contributed by atoms with Crippen LogP contribution < -0.4 is 0 Å². The van der Waals surface area contributed by atoms with Gasteiger partial charge in [0, 0.05) is 10.9 Å². The molecule has 19 heavy (non-hydrogen) atoms. The van der Waals surface area contributed by atoms with Crippen LogP contribution in [0.5, 0.6) is 0 Å². The lowest BCUT2D eigenvalue weighted by Gasteiger charge is -2.22. The van der Waals surface area contributed by atoms with Crippen LogP contribution >= 0.6 is 22.9 Å². The molecule has 5 heteroatoms. The number of rotatable bonds is 2. The van der Waals surface area contributed by atoms with Crippen molar-refractivity contribution in [3.63, 3.8) is 0 Å². The molecule has 0 fully saturated rings. The Morgan fingerprint density at radius 1 is 1.37 bits per heavy atom. The molecule has 1 N–H and O–H groups in total. The van der Waals surface area contributed by atoms with Gasteiger partial charge in [0.15, 0.2) is 0 Å². The first kappa shape index (κ1) is 12.6. The van der Waals surface area contributed by atoms with Crippen LogP contribution in [0.4, 0.5) is 0 Å². The van der Waals surface area contributed by atoms with E-state index in [1.807, 2.05) is 30.4 Å². The first-order valence-electron chi connectivity index (χ1n) is 6.09. The van der Waals surface area contributed by atoms with Gasteiger partial charge in [-0.25, -0.2) is 4.98 Å². The number of aliphatic carboxylic acids is 1. The number of hydrogen-bond acceptors (Lipinski definition) is 3. The first-order chi connectivity index (χ1) is 9.15. The van der Waals surface area contributed by atoms with Crippen molar-refractivity contribution < 1.29 is 9.90 Å². The van der Waals surface area contributed by atoms with Gasteiger partial charge in [-0.15, -0.1) is 11.3 Å². The van der Waals surface area contributed by atoms with Crippen molar-refractivity contribution in [2.24, 2.45) is 5.92 Å². The summed E-state index contributed by atoms with van der Waals surface area (Å²) in [6, 6.07) is 5.60. The highest BCUT2D eigenvalue weighted by Crippen LogP contribution is 2.38. The maximum atomic E-state index is 11.3. The number of aromatic nitrogens is 1. The van der Waals surface area contributed by atoms with Crippen LogP contribution in [0.25, 0.3) is 10.2 Å². The summed E-state index contributed by atoms with van der Waals surface area (Å²) in [7, 11) is 0. The van der Waals surface area contributed by atoms with E-state index in [0.29, 0.717) is 11.4 Å². The van der Waals surface area contributed by atoms with E-state index >= 15 is 0 Å². The molecule has 3 nitrogen and oxygen atoms in total. The number of allylic oxidation sites excluding steroid dienone is 2. The normalized spacial score (nSPS) is 22.8. The zero-order valence-electron chi connectivity index (χ0n) is 10.0. The van der Waals surface area contributed by atoms with E-state index in [-0.39, 0.29) is 11.8 Å². The Balaban J connectivity index is 2.02. The lowest BCUT2D eigenvalue weighted by atomic mass is 9.83. The van der Waals surface area contributed by atoms with Crippen LogP contribution in [0, 0.1) is 5.92 Å². The highest BCUT2D eigenvalue weighted by Gasteiger charge is 2.32. The third-order valence-corrected chi connectivity index (χ3v) is 4.84. The summed E-state index contributed by atoms with van der Waals surface area (Å²) in [4.78, 5) is 15.9. The van der Waals surface area contributed by atoms with Gasteiger partial charge in [0.2, 0.25) is 0 Å². The lowest BCUT2D eigenvalue weighted by Crippen LogP contribution is -2.23. The van der Waals surface area contributed by atoms with Gasteiger partial charge in [-0.05, 0) is 31.0 Å². The Morgan fingerprint density at radius 3 is 2.95 bits per heavy atom. The minimum absolute atomic E-state index is 0.0290. The second kappa shape index (κ2) is 4.94. The maximum Gasteiger partial charge on any atom is 0.307 e. The zero-order valence-corrected chi connectivity index (χ0v) is 11.6. The summed E-state index contributed by atoms with van der Waals surface area (Å²) in [5.41, 5.74) is 0.853. The van der Waals surface area contributed by atoms with Gasteiger partial charge in [-0.1, -0.05) is 23.8 Å². The fourth-order valence-electron chi connectivity index (χ4n) is 2.44. The average molecular weight is 294 g/mol. The molecule has 98 valence electrons. The average Bonchev–Trinajstić information content (AvgIpc) is 2.81. The van der Waals surface area contributed by atoms with Crippen LogP contribution in [0.15, 0.2) is 30.4 Å². The summed E-state index contributed by atoms with van der Waals surface area (Å²) >= 11 is 7.52. The summed E-state index contributed by atoms with van der Waals surface area (Å²) < 4.78 is 1.05. The fraction of sp³-hybridized carbons (Fsp3) is 0.286. The van der Waals surface area contributed by atoms with Crippen LogP contribution in [-0.2, 0) is 4.79 Å². The summed E-state index contributed by atoms with van der Waals surface area (Å²) in [6.07, 6.45) is 5.31. The first-order valence-corrected chi connectivity index (χ1v) is 7.28. The molecule has 1 aromatic heterocycles. The summed E-state index contributed by atoms with van der Waals surface area (Å²) in [6.45, 7) is 0. The van der Waals surface area contributed by atoms with E-state index < -0.39 is 5.97 Å². The van der Waals surface area contributed by atoms with Crippen molar-refractivity contribution in [2.75, 3.05) is 0 Å².